The van der Waals surface area contributed by atoms with Gasteiger partial charge in [-0.1, -0.05) is 164 Å². The molecule has 2 nitrogen and oxygen atoms in total. The lowest BCUT2D eigenvalue weighted by Gasteiger charge is -2.30. The van der Waals surface area contributed by atoms with Crippen molar-refractivity contribution in [2.45, 2.75) is 0 Å². The Morgan fingerprint density at radius 3 is 1.79 bits per heavy atom. The fourth-order valence-corrected chi connectivity index (χ4v) is 8.57. The van der Waals surface area contributed by atoms with Crippen molar-refractivity contribution in [3.8, 4) is 33.4 Å². The second-order valence-electron chi connectivity index (χ2n) is 14.5. The lowest BCUT2D eigenvalue weighted by Crippen LogP contribution is -2.12. The molecule has 1 heterocycles. The Labute approximate surface area is 325 Å². The van der Waals surface area contributed by atoms with Crippen LogP contribution in [-0.2, 0) is 0 Å². The second kappa shape index (κ2) is 13.2. The van der Waals surface area contributed by atoms with Gasteiger partial charge in [-0.15, -0.1) is 0 Å². The first-order valence-electron chi connectivity index (χ1n) is 19.2. The van der Waals surface area contributed by atoms with Gasteiger partial charge in [0.2, 0.25) is 0 Å². The molecule has 0 radical (unpaired) electrons. The van der Waals surface area contributed by atoms with Crippen molar-refractivity contribution < 1.29 is 4.42 Å². The van der Waals surface area contributed by atoms with E-state index in [1.54, 1.807) is 0 Å². The van der Waals surface area contributed by atoms with E-state index in [9.17, 15) is 0 Å². The number of benzene rings is 10. The molecular weight excluding hydrogens is 679 g/mol. The monoisotopic (exact) mass is 713 g/mol. The van der Waals surface area contributed by atoms with E-state index in [0.29, 0.717) is 0 Å². The van der Waals surface area contributed by atoms with Gasteiger partial charge in [0, 0.05) is 27.6 Å². The fourth-order valence-electron chi connectivity index (χ4n) is 8.57. The second-order valence-corrected chi connectivity index (χ2v) is 14.5. The van der Waals surface area contributed by atoms with Gasteiger partial charge in [-0.25, -0.2) is 0 Å². The molecule has 10 aromatic carbocycles. The van der Waals surface area contributed by atoms with E-state index in [4.69, 9.17) is 4.42 Å². The molecule has 0 aliphatic rings. The summed E-state index contributed by atoms with van der Waals surface area (Å²) in [5, 5.41) is 9.53. The predicted molar refractivity (Wildman–Crippen MR) is 237 cm³/mol. The van der Waals surface area contributed by atoms with E-state index in [1.165, 1.54) is 43.4 Å². The summed E-state index contributed by atoms with van der Waals surface area (Å²) in [6, 6.07) is 76.6. The lowest BCUT2D eigenvalue weighted by molar-refractivity contribution is 0.669. The third-order valence-corrected chi connectivity index (χ3v) is 11.2. The molecule has 2 heteroatoms. The minimum atomic E-state index is 0.879. The first-order chi connectivity index (χ1) is 27.8. The number of hydrogen-bond donors (Lipinski definition) is 0. The Morgan fingerprint density at radius 2 is 0.946 bits per heavy atom. The van der Waals surface area contributed by atoms with Crippen molar-refractivity contribution in [2.75, 3.05) is 4.90 Å². The average Bonchev–Trinajstić information content (AvgIpc) is 3.64. The molecule has 0 saturated carbocycles. The normalized spacial score (nSPS) is 11.6. The van der Waals surface area contributed by atoms with E-state index in [1.807, 2.05) is 0 Å². The summed E-state index contributed by atoms with van der Waals surface area (Å²) in [5.41, 5.74) is 12.0. The van der Waals surface area contributed by atoms with Crippen molar-refractivity contribution in [3.05, 3.63) is 212 Å². The summed E-state index contributed by atoms with van der Waals surface area (Å²) in [5.74, 6) is 0. The molecule has 262 valence electrons. The maximum atomic E-state index is 6.59. The van der Waals surface area contributed by atoms with Crippen molar-refractivity contribution in [2.24, 2.45) is 0 Å². The van der Waals surface area contributed by atoms with Crippen LogP contribution in [0.3, 0.4) is 0 Å². The van der Waals surface area contributed by atoms with Crippen LogP contribution in [0.15, 0.2) is 217 Å². The summed E-state index contributed by atoms with van der Waals surface area (Å²) in [7, 11) is 0. The molecule has 0 atom stereocenters. The summed E-state index contributed by atoms with van der Waals surface area (Å²) in [6.07, 6.45) is 0. The first kappa shape index (κ1) is 32.0. The van der Waals surface area contributed by atoms with Gasteiger partial charge >= 0.3 is 0 Å². The Hall–Kier alpha value is -7.42. The Kier molecular flexibility index (Phi) is 7.53. The zero-order chi connectivity index (χ0) is 37.0. The minimum Gasteiger partial charge on any atom is -0.456 e. The van der Waals surface area contributed by atoms with Crippen LogP contribution in [0.4, 0.5) is 17.1 Å². The molecule has 0 saturated heterocycles. The number of para-hydroxylation sites is 1. The summed E-state index contributed by atoms with van der Waals surface area (Å²) < 4.78 is 6.59. The van der Waals surface area contributed by atoms with Gasteiger partial charge < -0.3 is 9.32 Å². The average molecular weight is 714 g/mol. The molecular formula is C54H35NO. The first-order valence-corrected chi connectivity index (χ1v) is 19.2. The molecule has 11 aromatic rings. The highest BCUT2D eigenvalue weighted by Crippen LogP contribution is 2.48. The van der Waals surface area contributed by atoms with E-state index in [-0.39, 0.29) is 0 Å². The number of anilines is 3. The SMILES string of the molecule is c1ccc(-c2ccc(N(c3ccc4c(ccc5ccccc54)c3)c3ccccc3-c3cccc4oc5cc6ccccc6cc5c34)c(-c3ccccc3)c2)cc1. The van der Waals surface area contributed by atoms with Gasteiger partial charge in [0.05, 0.1) is 11.4 Å². The van der Waals surface area contributed by atoms with E-state index < -0.39 is 0 Å². The Morgan fingerprint density at radius 1 is 0.304 bits per heavy atom. The van der Waals surface area contributed by atoms with E-state index in [2.05, 4.69) is 217 Å². The molecule has 0 N–H and O–H groups in total. The Bertz CT molecular complexity index is 3250. The highest BCUT2D eigenvalue weighted by atomic mass is 16.3. The Balaban J connectivity index is 1.20. The summed E-state index contributed by atoms with van der Waals surface area (Å²) in [4.78, 5) is 2.46. The third-order valence-electron chi connectivity index (χ3n) is 11.2. The largest absolute Gasteiger partial charge is 0.456 e. The maximum Gasteiger partial charge on any atom is 0.136 e. The zero-order valence-electron chi connectivity index (χ0n) is 30.6. The van der Waals surface area contributed by atoms with Crippen LogP contribution >= 0.6 is 0 Å². The predicted octanol–water partition coefficient (Wildman–Crippen LogP) is 15.5. The topological polar surface area (TPSA) is 16.4 Å². The molecule has 0 bridgehead atoms. The molecule has 56 heavy (non-hydrogen) atoms. The van der Waals surface area contributed by atoms with Crippen molar-refractivity contribution in [3.63, 3.8) is 0 Å². The number of hydrogen-bond acceptors (Lipinski definition) is 2. The molecule has 0 aliphatic carbocycles. The molecule has 1 aromatic heterocycles. The van der Waals surface area contributed by atoms with Crippen molar-refractivity contribution >= 4 is 71.3 Å². The van der Waals surface area contributed by atoms with Crippen LogP contribution in [0.5, 0.6) is 0 Å². The number of nitrogens with zero attached hydrogens (tertiary/aromatic N) is 1. The van der Waals surface area contributed by atoms with Crippen LogP contribution < -0.4 is 4.90 Å². The van der Waals surface area contributed by atoms with Gasteiger partial charge in [0.15, 0.2) is 0 Å². The standard InChI is InChI=1S/C54H35NO/c1-3-14-36(15-4-1)41-28-31-51(48(33-41)37-16-5-2-6-17-37)55(43-29-30-45-42(32-43)27-26-38-18-9-10-21-44(38)45)50-24-12-11-22-46(50)47-23-13-25-52-54(47)49-34-39-19-7-8-20-40(39)35-53(49)56-52/h1-35H. The molecule has 0 aliphatic heterocycles. The molecule has 11 rings (SSSR count). The smallest absolute Gasteiger partial charge is 0.136 e. The molecule has 0 fully saturated rings. The van der Waals surface area contributed by atoms with Gasteiger partial charge in [-0.2, -0.15) is 0 Å². The third kappa shape index (κ3) is 5.34. The van der Waals surface area contributed by atoms with Gasteiger partial charge in [0.1, 0.15) is 11.2 Å². The van der Waals surface area contributed by atoms with Crippen LogP contribution in [-0.4, -0.2) is 0 Å². The fraction of sp³-hybridized carbons (Fsp3) is 0. The van der Waals surface area contributed by atoms with Crippen LogP contribution in [0.1, 0.15) is 0 Å². The number of rotatable bonds is 6. The van der Waals surface area contributed by atoms with E-state index in [0.717, 1.165) is 61.3 Å². The van der Waals surface area contributed by atoms with Crippen molar-refractivity contribution in [1.29, 1.82) is 0 Å². The molecule has 0 amide bonds. The lowest BCUT2D eigenvalue weighted by atomic mass is 9.93. The van der Waals surface area contributed by atoms with Crippen LogP contribution in [0.25, 0.3) is 87.6 Å². The highest BCUT2D eigenvalue weighted by molar-refractivity contribution is 6.17. The summed E-state index contributed by atoms with van der Waals surface area (Å²) in [6.45, 7) is 0. The zero-order valence-corrected chi connectivity index (χ0v) is 30.6. The minimum absolute atomic E-state index is 0.879. The summed E-state index contributed by atoms with van der Waals surface area (Å²) >= 11 is 0. The molecule has 0 spiro atoms. The van der Waals surface area contributed by atoms with Gasteiger partial charge in [-0.3, -0.25) is 0 Å². The maximum absolute atomic E-state index is 6.59. The van der Waals surface area contributed by atoms with Gasteiger partial charge in [0.25, 0.3) is 0 Å². The highest BCUT2D eigenvalue weighted by Gasteiger charge is 2.23. The number of furan rings is 1. The molecule has 0 unspecified atom stereocenters. The van der Waals surface area contributed by atoms with Gasteiger partial charge in [-0.05, 0) is 103 Å². The van der Waals surface area contributed by atoms with Crippen LogP contribution in [0.2, 0.25) is 0 Å². The number of fused-ring (bicyclic) bond motifs is 7. The van der Waals surface area contributed by atoms with Crippen molar-refractivity contribution in [1.82, 2.24) is 0 Å². The van der Waals surface area contributed by atoms with E-state index >= 15 is 0 Å². The quantitative estimate of drug-likeness (QED) is 0.160. The van der Waals surface area contributed by atoms with Crippen LogP contribution in [0, 0.1) is 0 Å².